The zero-order valence-corrected chi connectivity index (χ0v) is 19.0. The Morgan fingerprint density at radius 3 is 2.38 bits per heavy atom. The molecule has 3 aromatic rings. The van der Waals surface area contributed by atoms with E-state index < -0.39 is 17.8 Å². The lowest BCUT2D eigenvalue weighted by atomic mass is 10.1. The number of nitrogens with zero attached hydrogens (tertiary/aromatic N) is 1. The number of hydrogen-bond donors (Lipinski definition) is 2. The van der Waals surface area contributed by atoms with Gasteiger partial charge in [0.25, 0.3) is 0 Å². The Kier molecular flexibility index (Phi) is 7.51. The first-order valence-electron chi connectivity index (χ1n) is 9.61. The molecule has 0 aliphatic rings. The van der Waals surface area contributed by atoms with Crippen LogP contribution < -0.4 is 15.5 Å². The molecule has 0 radical (unpaired) electrons. The summed E-state index contributed by atoms with van der Waals surface area (Å²) in [6, 6.07) is 19.0. The van der Waals surface area contributed by atoms with Crippen LogP contribution in [-0.4, -0.2) is 24.0 Å². The molecule has 0 fully saturated rings. The summed E-state index contributed by atoms with van der Waals surface area (Å²) in [7, 11) is 0. The highest BCUT2D eigenvalue weighted by atomic mass is 79.9. The maximum Gasteiger partial charge on any atom is 0.343 e. The van der Waals surface area contributed by atoms with Crippen molar-refractivity contribution in [3.8, 4) is 5.75 Å². The van der Waals surface area contributed by atoms with E-state index in [2.05, 4.69) is 31.8 Å². The van der Waals surface area contributed by atoms with E-state index in [9.17, 15) is 14.4 Å². The molecule has 0 bridgehead atoms. The Labute approximate surface area is 193 Å². The van der Waals surface area contributed by atoms with Gasteiger partial charge in [0.2, 0.25) is 0 Å². The van der Waals surface area contributed by atoms with Gasteiger partial charge < -0.3 is 10.1 Å². The van der Waals surface area contributed by atoms with Crippen LogP contribution >= 0.6 is 15.9 Å². The summed E-state index contributed by atoms with van der Waals surface area (Å²) in [4.78, 5) is 36.5. The maximum atomic E-state index is 12.5. The van der Waals surface area contributed by atoms with E-state index in [1.54, 1.807) is 48.5 Å². The van der Waals surface area contributed by atoms with Crippen LogP contribution in [0.1, 0.15) is 27.0 Å². The third-order valence-electron chi connectivity index (χ3n) is 4.31. The van der Waals surface area contributed by atoms with Crippen molar-refractivity contribution in [2.45, 2.75) is 13.8 Å². The molecule has 0 heterocycles. The Hall–Kier alpha value is -3.78. The number of amides is 2. The van der Waals surface area contributed by atoms with E-state index in [-0.39, 0.29) is 5.75 Å². The second-order valence-corrected chi connectivity index (χ2v) is 7.88. The molecule has 3 rings (SSSR count). The van der Waals surface area contributed by atoms with Crippen LogP contribution in [0.2, 0.25) is 0 Å². The second-order valence-electron chi connectivity index (χ2n) is 6.96. The number of nitrogens with one attached hydrogen (secondary N) is 2. The number of halogens is 1. The van der Waals surface area contributed by atoms with Crippen LogP contribution in [-0.2, 0) is 9.59 Å². The van der Waals surface area contributed by atoms with Gasteiger partial charge in [-0.3, -0.25) is 9.59 Å². The zero-order valence-electron chi connectivity index (χ0n) is 17.4. The lowest BCUT2D eigenvalue weighted by molar-refractivity contribution is -0.136. The molecular formula is C24H20BrN3O4. The molecule has 8 heteroatoms. The molecule has 162 valence electrons. The van der Waals surface area contributed by atoms with E-state index in [1.165, 1.54) is 6.21 Å². The molecule has 0 atom stereocenters. The fourth-order valence-electron chi connectivity index (χ4n) is 2.68. The van der Waals surface area contributed by atoms with Crippen molar-refractivity contribution in [2.75, 3.05) is 5.32 Å². The third-order valence-corrected chi connectivity index (χ3v) is 4.81. The molecular weight excluding hydrogens is 474 g/mol. The average molecular weight is 494 g/mol. The summed E-state index contributed by atoms with van der Waals surface area (Å²) in [5.41, 5.74) is 5.47. The number of benzene rings is 3. The second kappa shape index (κ2) is 10.5. The van der Waals surface area contributed by atoms with Gasteiger partial charge in [-0.1, -0.05) is 51.3 Å². The van der Waals surface area contributed by atoms with Crippen molar-refractivity contribution < 1.29 is 19.1 Å². The summed E-state index contributed by atoms with van der Waals surface area (Å²) in [6.45, 7) is 3.80. The van der Waals surface area contributed by atoms with Gasteiger partial charge in [-0.05, 0) is 56.3 Å². The van der Waals surface area contributed by atoms with E-state index >= 15 is 0 Å². The van der Waals surface area contributed by atoms with Gasteiger partial charge in [-0.2, -0.15) is 5.10 Å². The predicted octanol–water partition coefficient (Wildman–Crippen LogP) is 4.37. The first kappa shape index (κ1) is 22.9. The molecule has 0 saturated heterocycles. The molecule has 0 saturated carbocycles. The number of ether oxygens (including phenoxy) is 1. The Morgan fingerprint density at radius 2 is 1.66 bits per heavy atom. The molecule has 0 spiro atoms. The van der Waals surface area contributed by atoms with E-state index in [4.69, 9.17) is 4.74 Å². The van der Waals surface area contributed by atoms with Crippen molar-refractivity contribution in [1.82, 2.24) is 5.43 Å². The van der Waals surface area contributed by atoms with Gasteiger partial charge in [0, 0.05) is 15.7 Å². The zero-order chi connectivity index (χ0) is 23.1. The van der Waals surface area contributed by atoms with E-state index in [0.29, 0.717) is 16.8 Å². The highest BCUT2D eigenvalue weighted by Gasteiger charge is 2.14. The minimum absolute atomic E-state index is 0.252. The first-order chi connectivity index (χ1) is 15.3. The fraction of sp³-hybridized carbons (Fsp3) is 0.0833. The summed E-state index contributed by atoms with van der Waals surface area (Å²) in [6.07, 6.45) is 1.29. The summed E-state index contributed by atoms with van der Waals surface area (Å²) in [5, 5.41) is 6.30. The highest BCUT2D eigenvalue weighted by molar-refractivity contribution is 9.10. The van der Waals surface area contributed by atoms with Crippen LogP contribution in [0, 0.1) is 13.8 Å². The number of carbonyl (C=O) groups excluding carboxylic acids is 3. The average Bonchev–Trinajstić information content (AvgIpc) is 2.77. The highest BCUT2D eigenvalue weighted by Crippen LogP contribution is 2.23. The lowest BCUT2D eigenvalue weighted by Crippen LogP contribution is -2.32. The van der Waals surface area contributed by atoms with Gasteiger partial charge in [-0.15, -0.1) is 0 Å². The minimum Gasteiger partial charge on any atom is -0.422 e. The standard InChI is InChI=1S/C24H20BrN3O4/c1-15-6-9-20(10-7-15)27-22(29)23(30)28-26-14-18-13-19(25)8-11-21(18)32-24(31)17-5-3-4-16(2)12-17/h3-14H,1-2H3,(H,27,29)(H,28,30)/b26-14+. The molecule has 3 aromatic carbocycles. The topological polar surface area (TPSA) is 96.9 Å². The van der Waals surface area contributed by atoms with Crippen LogP contribution in [0.15, 0.2) is 76.3 Å². The molecule has 0 aliphatic carbocycles. The van der Waals surface area contributed by atoms with Gasteiger partial charge in [0.15, 0.2) is 0 Å². The van der Waals surface area contributed by atoms with Crippen molar-refractivity contribution in [1.29, 1.82) is 0 Å². The van der Waals surface area contributed by atoms with Crippen molar-refractivity contribution >= 4 is 45.6 Å². The number of rotatable bonds is 5. The predicted molar refractivity (Wildman–Crippen MR) is 126 cm³/mol. The van der Waals surface area contributed by atoms with Gasteiger partial charge in [-0.25, -0.2) is 10.2 Å². The molecule has 0 aromatic heterocycles. The van der Waals surface area contributed by atoms with E-state index in [1.807, 2.05) is 32.0 Å². The van der Waals surface area contributed by atoms with Gasteiger partial charge in [0.05, 0.1) is 11.8 Å². The van der Waals surface area contributed by atoms with Crippen molar-refractivity contribution in [2.24, 2.45) is 5.10 Å². The summed E-state index contributed by atoms with van der Waals surface area (Å²) < 4.78 is 6.21. The van der Waals surface area contributed by atoms with Crippen molar-refractivity contribution in [3.05, 3.63) is 93.5 Å². The Balaban J connectivity index is 1.66. The molecule has 32 heavy (non-hydrogen) atoms. The van der Waals surface area contributed by atoms with Gasteiger partial charge in [0.1, 0.15) is 5.75 Å². The van der Waals surface area contributed by atoms with Gasteiger partial charge >= 0.3 is 17.8 Å². The molecule has 2 N–H and O–H groups in total. The number of carbonyl (C=O) groups is 3. The number of hydrogen-bond acceptors (Lipinski definition) is 5. The normalized spacial score (nSPS) is 10.6. The van der Waals surface area contributed by atoms with Crippen LogP contribution in [0.25, 0.3) is 0 Å². The van der Waals surface area contributed by atoms with Crippen LogP contribution in [0.3, 0.4) is 0 Å². The SMILES string of the molecule is Cc1ccc(NC(=O)C(=O)N/N=C/c2cc(Br)ccc2OC(=O)c2cccc(C)c2)cc1. The molecule has 0 aliphatic heterocycles. The Morgan fingerprint density at radius 1 is 0.906 bits per heavy atom. The lowest BCUT2D eigenvalue weighted by Gasteiger charge is -2.08. The van der Waals surface area contributed by atoms with E-state index in [0.717, 1.165) is 15.6 Å². The third kappa shape index (κ3) is 6.36. The number of hydrazone groups is 1. The Bertz CT molecular complexity index is 1190. The monoisotopic (exact) mass is 493 g/mol. The summed E-state index contributed by atoms with van der Waals surface area (Å²) in [5.74, 6) is -2.06. The quantitative estimate of drug-likeness (QED) is 0.181. The smallest absolute Gasteiger partial charge is 0.343 e. The molecule has 7 nitrogen and oxygen atoms in total. The number of aryl methyl sites for hydroxylation is 2. The van der Waals surface area contributed by atoms with Crippen LogP contribution in [0.4, 0.5) is 5.69 Å². The molecule has 2 amide bonds. The maximum absolute atomic E-state index is 12.5. The number of esters is 1. The fourth-order valence-corrected chi connectivity index (χ4v) is 3.06. The minimum atomic E-state index is -0.935. The number of anilines is 1. The molecule has 0 unspecified atom stereocenters. The van der Waals surface area contributed by atoms with Crippen LogP contribution in [0.5, 0.6) is 5.75 Å². The summed E-state index contributed by atoms with van der Waals surface area (Å²) >= 11 is 3.35. The largest absolute Gasteiger partial charge is 0.422 e. The van der Waals surface area contributed by atoms with Crippen molar-refractivity contribution in [3.63, 3.8) is 0 Å². The first-order valence-corrected chi connectivity index (χ1v) is 10.4.